The minimum absolute atomic E-state index is 0.00303. The smallest absolute Gasteiger partial charge is 0.315 e. The first-order chi connectivity index (χ1) is 14.6. The molecule has 1 fully saturated rings. The number of carbonyl (C=O) groups excluding carboxylic acids is 2. The van der Waals surface area contributed by atoms with Crippen LogP contribution in [0.2, 0.25) is 0 Å². The van der Waals surface area contributed by atoms with Crippen molar-refractivity contribution >= 4 is 28.5 Å². The molecule has 3 aromatic rings. The van der Waals surface area contributed by atoms with E-state index in [-0.39, 0.29) is 18.0 Å². The molecule has 1 unspecified atom stereocenters. The van der Waals surface area contributed by atoms with Crippen LogP contribution in [0.4, 0.5) is 10.5 Å². The highest BCUT2D eigenvalue weighted by Gasteiger charge is 2.31. The second kappa shape index (κ2) is 8.90. The van der Waals surface area contributed by atoms with Gasteiger partial charge in [0.1, 0.15) is 5.75 Å². The first-order valence-corrected chi connectivity index (χ1v) is 10.3. The van der Waals surface area contributed by atoms with Crippen LogP contribution in [0.3, 0.4) is 0 Å². The number of carbonyl (C=O) groups is 2. The Kier molecular flexibility index (Phi) is 5.88. The number of aromatic nitrogens is 1. The number of nitrogens with zero attached hydrogens (tertiary/aromatic N) is 2. The van der Waals surface area contributed by atoms with E-state index in [0.29, 0.717) is 32.7 Å². The Hall–Kier alpha value is -3.48. The fraction of sp³-hybridized carbons (Fsp3) is 0.304. The number of rotatable bonds is 7. The molecular weight excluding hydrogens is 380 g/mol. The molecule has 1 aliphatic rings. The van der Waals surface area contributed by atoms with Gasteiger partial charge < -0.3 is 24.8 Å². The van der Waals surface area contributed by atoms with E-state index < -0.39 is 0 Å². The van der Waals surface area contributed by atoms with E-state index in [2.05, 4.69) is 33.4 Å². The highest BCUT2D eigenvalue weighted by Crippen LogP contribution is 2.24. The molecule has 1 aliphatic heterocycles. The highest BCUT2D eigenvalue weighted by atomic mass is 16.5. The number of ether oxygens (including phenoxy) is 1. The van der Waals surface area contributed by atoms with E-state index in [4.69, 9.17) is 4.74 Å². The SMILES string of the molecule is CCOc1ccc(N2CC(NC(=O)NCCn3ccc4ccccc43)CC2=O)cc1. The van der Waals surface area contributed by atoms with Crippen LogP contribution < -0.4 is 20.3 Å². The van der Waals surface area contributed by atoms with Gasteiger partial charge in [0.25, 0.3) is 0 Å². The predicted molar refractivity (Wildman–Crippen MR) is 117 cm³/mol. The van der Waals surface area contributed by atoms with Gasteiger partial charge in [-0.25, -0.2) is 4.79 Å². The molecular formula is C23H26N4O3. The Balaban J connectivity index is 1.26. The van der Waals surface area contributed by atoms with Gasteiger partial charge in [0, 0.05) is 43.5 Å². The molecule has 30 heavy (non-hydrogen) atoms. The van der Waals surface area contributed by atoms with Gasteiger partial charge in [0.15, 0.2) is 0 Å². The third-order valence-electron chi connectivity index (χ3n) is 5.24. The van der Waals surface area contributed by atoms with Crippen LogP contribution in [0.5, 0.6) is 5.75 Å². The summed E-state index contributed by atoms with van der Waals surface area (Å²) in [5.41, 5.74) is 1.96. The minimum atomic E-state index is -0.252. The van der Waals surface area contributed by atoms with Gasteiger partial charge in [0.2, 0.25) is 5.91 Å². The Bertz CT molecular complexity index is 1030. The summed E-state index contributed by atoms with van der Waals surface area (Å²) in [7, 11) is 0. The summed E-state index contributed by atoms with van der Waals surface area (Å²) in [5.74, 6) is 0.778. The highest BCUT2D eigenvalue weighted by molar-refractivity contribution is 5.96. The van der Waals surface area contributed by atoms with Crippen LogP contribution in [0.25, 0.3) is 10.9 Å². The van der Waals surface area contributed by atoms with Crippen LogP contribution >= 0.6 is 0 Å². The van der Waals surface area contributed by atoms with Gasteiger partial charge in [-0.1, -0.05) is 18.2 Å². The Morgan fingerprint density at radius 2 is 1.93 bits per heavy atom. The van der Waals surface area contributed by atoms with Crippen LogP contribution in [0, 0.1) is 0 Å². The Labute approximate surface area is 175 Å². The molecule has 0 bridgehead atoms. The van der Waals surface area contributed by atoms with Crippen molar-refractivity contribution in [1.82, 2.24) is 15.2 Å². The van der Waals surface area contributed by atoms with Crippen molar-refractivity contribution < 1.29 is 14.3 Å². The monoisotopic (exact) mass is 406 g/mol. The predicted octanol–water partition coefficient (Wildman–Crippen LogP) is 3.14. The molecule has 7 heteroatoms. The minimum Gasteiger partial charge on any atom is -0.494 e. The van der Waals surface area contributed by atoms with Crippen molar-refractivity contribution in [2.24, 2.45) is 0 Å². The van der Waals surface area contributed by atoms with Crippen LogP contribution in [-0.2, 0) is 11.3 Å². The number of anilines is 1. The van der Waals surface area contributed by atoms with Crippen molar-refractivity contribution in [3.05, 3.63) is 60.8 Å². The lowest BCUT2D eigenvalue weighted by Gasteiger charge is -2.18. The summed E-state index contributed by atoms with van der Waals surface area (Å²) in [6, 6.07) is 17.2. The number of urea groups is 1. The molecule has 0 saturated carbocycles. The van der Waals surface area contributed by atoms with Crippen molar-refractivity contribution in [1.29, 1.82) is 0 Å². The second-order valence-electron chi connectivity index (χ2n) is 7.30. The molecule has 1 atom stereocenters. The molecule has 4 rings (SSSR count). The average Bonchev–Trinajstić information content (AvgIpc) is 3.32. The molecule has 0 aliphatic carbocycles. The van der Waals surface area contributed by atoms with E-state index in [1.165, 1.54) is 5.39 Å². The lowest BCUT2D eigenvalue weighted by Crippen LogP contribution is -2.44. The first-order valence-electron chi connectivity index (χ1n) is 10.3. The average molecular weight is 406 g/mol. The number of amides is 3. The normalized spacial score (nSPS) is 16.1. The van der Waals surface area contributed by atoms with E-state index in [9.17, 15) is 9.59 Å². The van der Waals surface area contributed by atoms with E-state index in [1.807, 2.05) is 49.5 Å². The Morgan fingerprint density at radius 1 is 1.13 bits per heavy atom. The zero-order chi connectivity index (χ0) is 20.9. The number of benzene rings is 2. The summed E-state index contributed by atoms with van der Waals surface area (Å²) in [4.78, 5) is 26.4. The van der Waals surface area contributed by atoms with Gasteiger partial charge in [-0.3, -0.25) is 4.79 Å². The number of para-hydroxylation sites is 1. The first kappa shape index (κ1) is 19.8. The fourth-order valence-corrected chi connectivity index (χ4v) is 3.80. The Morgan fingerprint density at radius 3 is 2.73 bits per heavy atom. The summed E-state index contributed by atoms with van der Waals surface area (Å²) in [6.07, 6.45) is 2.32. The molecule has 2 heterocycles. The molecule has 3 amide bonds. The molecule has 2 N–H and O–H groups in total. The van der Waals surface area contributed by atoms with Crippen molar-refractivity contribution in [3.8, 4) is 5.75 Å². The van der Waals surface area contributed by atoms with Gasteiger partial charge in [-0.05, 0) is 48.7 Å². The number of hydrogen-bond donors (Lipinski definition) is 2. The topological polar surface area (TPSA) is 75.6 Å². The zero-order valence-electron chi connectivity index (χ0n) is 17.0. The largest absolute Gasteiger partial charge is 0.494 e. The van der Waals surface area contributed by atoms with E-state index >= 15 is 0 Å². The maximum atomic E-state index is 12.4. The lowest BCUT2D eigenvalue weighted by molar-refractivity contribution is -0.117. The molecule has 0 radical (unpaired) electrons. The molecule has 1 aromatic heterocycles. The van der Waals surface area contributed by atoms with Crippen LogP contribution in [0.1, 0.15) is 13.3 Å². The lowest BCUT2D eigenvalue weighted by atomic mass is 10.2. The maximum absolute atomic E-state index is 12.4. The summed E-state index contributed by atoms with van der Waals surface area (Å²) >= 11 is 0. The molecule has 0 spiro atoms. The standard InChI is InChI=1S/C23H26N4O3/c1-2-30-20-9-7-19(8-10-20)27-16-18(15-22(27)28)25-23(29)24-12-14-26-13-11-17-5-3-4-6-21(17)26/h3-11,13,18H,2,12,14-16H2,1H3,(H2,24,25,29). The zero-order valence-corrected chi connectivity index (χ0v) is 17.0. The second-order valence-corrected chi connectivity index (χ2v) is 7.30. The van der Waals surface area contributed by atoms with Crippen LogP contribution in [0.15, 0.2) is 60.8 Å². The van der Waals surface area contributed by atoms with Gasteiger partial charge in [-0.2, -0.15) is 0 Å². The van der Waals surface area contributed by atoms with Gasteiger partial charge >= 0.3 is 6.03 Å². The number of fused-ring (bicyclic) bond motifs is 1. The van der Waals surface area contributed by atoms with Crippen molar-refractivity contribution in [2.45, 2.75) is 25.9 Å². The number of nitrogens with one attached hydrogen (secondary N) is 2. The molecule has 7 nitrogen and oxygen atoms in total. The van der Waals surface area contributed by atoms with Gasteiger partial charge in [-0.15, -0.1) is 0 Å². The maximum Gasteiger partial charge on any atom is 0.315 e. The van der Waals surface area contributed by atoms with E-state index in [1.54, 1.807) is 4.90 Å². The van der Waals surface area contributed by atoms with Crippen molar-refractivity contribution in [2.75, 3.05) is 24.6 Å². The molecule has 1 saturated heterocycles. The fourth-order valence-electron chi connectivity index (χ4n) is 3.80. The summed E-state index contributed by atoms with van der Waals surface area (Å²) < 4.78 is 7.56. The number of hydrogen-bond acceptors (Lipinski definition) is 3. The van der Waals surface area contributed by atoms with Crippen LogP contribution in [-0.4, -0.2) is 42.2 Å². The summed E-state index contributed by atoms with van der Waals surface area (Å²) in [5, 5.41) is 6.98. The molecule has 156 valence electrons. The quantitative estimate of drug-likeness (QED) is 0.633. The van der Waals surface area contributed by atoms with E-state index in [0.717, 1.165) is 17.0 Å². The van der Waals surface area contributed by atoms with Crippen molar-refractivity contribution in [3.63, 3.8) is 0 Å². The molecule has 2 aromatic carbocycles. The summed E-state index contributed by atoms with van der Waals surface area (Å²) in [6.45, 7) is 4.18. The third-order valence-corrected chi connectivity index (χ3v) is 5.24. The third kappa shape index (κ3) is 4.40. The van der Waals surface area contributed by atoms with Gasteiger partial charge in [0.05, 0.1) is 12.6 Å².